The monoisotopic (exact) mass is 377 g/mol. The van der Waals surface area contributed by atoms with Crippen LogP contribution >= 0.6 is 11.8 Å². The summed E-state index contributed by atoms with van der Waals surface area (Å²) in [5, 5.41) is 29.7. The van der Waals surface area contributed by atoms with Crippen LogP contribution in [0.2, 0.25) is 0 Å². The summed E-state index contributed by atoms with van der Waals surface area (Å²) in [4.78, 5) is 20.3. The average Bonchev–Trinajstić information content (AvgIpc) is 2.91. The van der Waals surface area contributed by atoms with Crippen LogP contribution in [0.4, 0.5) is 0 Å². The number of hydrogen-bond donors (Lipinski definition) is 3. The largest absolute Gasteiger partial charge is 0.464 e. The standard InChI is InChI=1S/C13H22N4O3S.HNO3/c1-14-13(9-17(18)19)15-6-7-21-10-12-5-4-11(20-12)8-16(2)3;2-1(3)4/h4-5,9,14-15H,6-8,10H2,1-3H3;(H,2,3,4). The number of furan rings is 1. The van der Waals surface area contributed by atoms with Crippen molar-refractivity contribution in [2.24, 2.45) is 0 Å². The first kappa shape index (κ1) is 22.5. The van der Waals surface area contributed by atoms with Gasteiger partial charge in [-0.05, 0) is 26.2 Å². The molecule has 0 aliphatic carbocycles. The minimum absolute atomic E-state index is 0.409. The number of rotatable bonds is 10. The van der Waals surface area contributed by atoms with Gasteiger partial charge in [-0.2, -0.15) is 11.8 Å². The quantitative estimate of drug-likeness (QED) is 0.308. The lowest BCUT2D eigenvalue weighted by Crippen LogP contribution is -2.26. The van der Waals surface area contributed by atoms with Gasteiger partial charge in [0.25, 0.3) is 11.3 Å². The molecule has 0 unspecified atom stereocenters. The molecule has 0 saturated carbocycles. The van der Waals surface area contributed by atoms with Crippen LogP contribution in [0.3, 0.4) is 0 Å². The highest BCUT2D eigenvalue weighted by molar-refractivity contribution is 7.98. The minimum Gasteiger partial charge on any atom is -0.464 e. The first-order valence-electron chi connectivity index (χ1n) is 7.14. The fraction of sp³-hybridized carbons (Fsp3) is 0.538. The number of nitrogens with zero attached hydrogens (tertiary/aromatic N) is 3. The summed E-state index contributed by atoms with van der Waals surface area (Å²) in [6.45, 7) is 1.44. The molecule has 25 heavy (non-hydrogen) atoms. The molecular weight excluding hydrogens is 354 g/mol. The second-order valence-electron chi connectivity index (χ2n) is 4.90. The van der Waals surface area contributed by atoms with Gasteiger partial charge in [-0.15, -0.1) is 10.1 Å². The molecule has 3 N–H and O–H groups in total. The van der Waals surface area contributed by atoms with Crippen molar-refractivity contribution in [3.63, 3.8) is 0 Å². The fourth-order valence-electron chi connectivity index (χ4n) is 1.63. The van der Waals surface area contributed by atoms with E-state index in [4.69, 9.17) is 19.7 Å². The summed E-state index contributed by atoms with van der Waals surface area (Å²) in [5.74, 6) is 3.95. The van der Waals surface area contributed by atoms with E-state index < -0.39 is 10.0 Å². The van der Waals surface area contributed by atoms with Crippen molar-refractivity contribution in [1.29, 1.82) is 0 Å². The van der Waals surface area contributed by atoms with Crippen molar-refractivity contribution in [2.45, 2.75) is 12.3 Å². The van der Waals surface area contributed by atoms with E-state index in [0.717, 1.165) is 35.8 Å². The zero-order valence-corrected chi connectivity index (χ0v) is 15.1. The van der Waals surface area contributed by atoms with Gasteiger partial charge in [0.1, 0.15) is 11.5 Å². The van der Waals surface area contributed by atoms with Gasteiger partial charge in [0.05, 0.1) is 17.2 Å². The van der Waals surface area contributed by atoms with Crippen LogP contribution < -0.4 is 10.6 Å². The molecule has 0 radical (unpaired) electrons. The van der Waals surface area contributed by atoms with Crippen molar-refractivity contribution in [1.82, 2.24) is 15.5 Å². The van der Waals surface area contributed by atoms with Gasteiger partial charge in [-0.3, -0.25) is 10.1 Å². The molecule has 0 saturated heterocycles. The lowest BCUT2D eigenvalue weighted by atomic mass is 10.4. The molecule has 0 amide bonds. The average molecular weight is 377 g/mol. The van der Waals surface area contributed by atoms with Crippen LogP contribution in [0.15, 0.2) is 28.6 Å². The Morgan fingerprint density at radius 1 is 1.36 bits per heavy atom. The molecule has 142 valence electrons. The first-order chi connectivity index (χ1) is 11.7. The maximum Gasteiger partial charge on any atom is 0.291 e. The molecule has 0 aromatic carbocycles. The van der Waals surface area contributed by atoms with Gasteiger partial charge in [-0.25, -0.2) is 0 Å². The molecular formula is C13H23N5O6S. The Morgan fingerprint density at radius 3 is 2.48 bits per heavy atom. The molecule has 1 aromatic rings. The minimum atomic E-state index is -1.50. The van der Waals surface area contributed by atoms with E-state index in [1.807, 2.05) is 26.2 Å². The zero-order chi connectivity index (χ0) is 19.2. The first-order valence-corrected chi connectivity index (χ1v) is 8.30. The van der Waals surface area contributed by atoms with E-state index in [1.165, 1.54) is 0 Å². The number of nitrogens with one attached hydrogen (secondary N) is 2. The molecule has 11 nitrogen and oxygen atoms in total. The summed E-state index contributed by atoms with van der Waals surface area (Å²) in [5.41, 5.74) is 0. The smallest absolute Gasteiger partial charge is 0.291 e. The molecule has 0 bridgehead atoms. The summed E-state index contributed by atoms with van der Waals surface area (Å²) >= 11 is 1.72. The van der Waals surface area contributed by atoms with Crippen LogP contribution in [0, 0.1) is 20.2 Å². The lowest BCUT2D eigenvalue weighted by molar-refractivity contribution is -0.742. The molecule has 0 atom stereocenters. The highest BCUT2D eigenvalue weighted by atomic mass is 32.2. The van der Waals surface area contributed by atoms with Crippen LogP contribution in [0.25, 0.3) is 0 Å². The second-order valence-corrected chi connectivity index (χ2v) is 6.01. The Balaban J connectivity index is 0.00000129. The Morgan fingerprint density at radius 2 is 1.96 bits per heavy atom. The highest BCUT2D eigenvalue weighted by Crippen LogP contribution is 2.15. The molecule has 0 aliphatic rings. The molecule has 0 fully saturated rings. The highest BCUT2D eigenvalue weighted by Gasteiger charge is 2.04. The Labute approximate surface area is 149 Å². The third kappa shape index (κ3) is 13.6. The predicted octanol–water partition coefficient (Wildman–Crippen LogP) is 1.11. The summed E-state index contributed by atoms with van der Waals surface area (Å²) in [7, 11) is 5.64. The normalized spacial score (nSPS) is 10.8. The van der Waals surface area contributed by atoms with Crippen molar-refractivity contribution in [3.05, 3.63) is 55.9 Å². The predicted molar refractivity (Wildman–Crippen MR) is 93.2 cm³/mol. The fourth-order valence-corrected chi connectivity index (χ4v) is 2.38. The molecule has 0 aliphatic heterocycles. The molecule has 1 aromatic heterocycles. The number of hydrogen-bond acceptors (Lipinski definition) is 9. The van der Waals surface area contributed by atoms with E-state index in [0.29, 0.717) is 12.4 Å². The topological polar surface area (TPSA) is 147 Å². The Kier molecular flexibility index (Phi) is 11.6. The van der Waals surface area contributed by atoms with Gasteiger partial charge >= 0.3 is 0 Å². The Hall–Kier alpha value is -2.47. The third-order valence-corrected chi connectivity index (χ3v) is 3.48. The Bertz CT molecular complexity index is 559. The lowest BCUT2D eigenvalue weighted by Gasteiger charge is -2.07. The molecule has 12 heteroatoms. The maximum atomic E-state index is 10.3. The summed E-state index contributed by atoms with van der Waals surface area (Å²) < 4.78 is 5.70. The van der Waals surface area contributed by atoms with Gasteiger partial charge in [0.15, 0.2) is 5.82 Å². The van der Waals surface area contributed by atoms with Crippen molar-refractivity contribution >= 4 is 11.8 Å². The maximum absolute atomic E-state index is 10.3. The summed E-state index contributed by atoms with van der Waals surface area (Å²) in [6, 6.07) is 3.98. The van der Waals surface area contributed by atoms with Gasteiger partial charge in [0, 0.05) is 19.3 Å². The molecule has 1 heterocycles. The summed E-state index contributed by atoms with van der Waals surface area (Å²) in [6.07, 6.45) is 0.921. The van der Waals surface area contributed by atoms with Gasteiger partial charge in [-0.1, -0.05) is 0 Å². The third-order valence-electron chi connectivity index (χ3n) is 2.50. The zero-order valence-electron chi connectivity index (χ0n) is 14.3. The van der Waals surface area contributed by atoms with Crippen molar-refractivity contribution < 1.29 is 19.6 Å². The van der Waals surface area contributed by atoms with E-state index in [1.54, 1.807) is 18.8 Å². The van der Waals surface area contributed by atoms with Gasteiger partial charge in [0.2, 0.25) is 0 Å². The van der Waals surface area contributed by atoms with Crippen molar-refractivity contribution in [2.75, 3.05) is 33.4 Å². The van der Waals surface area contributed by atoms with E-state index in [2.05, 4.69) is 15.5 Å². The van der Waals surface area contributed by atoms with Crippen LogP contribution in [0.1, 0.15) is 11.5 Å². The van der Waals surface area contributed by atoms with E-state index in [9.17, 15) is 10.1 Å². The van der Waals surface area contributed by atoms with E-state index in [-0.39, 0.29) is 0 Å². The van der Waals surface area contributed by atoms with Crippen molar-refractivity contribution in [3.8, 4) is 0 Å². The second kappa shape index (κ2) is 12.9. The number of thioether (sulfide) groups is 1. The number of nitro groups is 1. The van der Waals surface area contributed by atoms with Gasteiger partial charge < -0.3 is 25.2 Å². The van der Waals surface area contributed by atoms with Crippen LogP contribution in [0.5, 0.6) is 0 Å². The SMILES string of the molecule is CNC(=C[N+](=O)[O-])NCCSCc1ccc(CN(C)C)o1.O=[N+]([O-])O. The van der Waals surface area contributed by atoms with Crippen LogP contribution in [-0.4, -0.2) is 53.6 Å². The molecule has 1 rings (SSSR count). The van der Waals surface area contributed by atoms with E-state index >= 15 is 0 Å². The molecule has 0 spiro atoms. The van der Waals surface area contributed by atoms with Crippen LogP contribution in [-0.2, 0) is 12.3 Å².